The van der Waals surface area contributed by atoms with Crippen LogP contribution in [-0.2, 0) is 10.2 Å². The Kier molecular flexibility index (Phi) is 6.12. The van der Waals surface area contributed by atoms with E-state index in [1.54, 1.807) is 26.2 Å². The summed E-state index contributed by atoms with van der Waals surface area (Å²) < 4.78 is 16.0. The van der Waals surface area contributed by atoms with E-state index in [1.165, 1.54) is 6.42 Å². The Balaban J connectivity index is 1.97. The maximum absolute atomic E-state index is 13.8. The fourth-order valence-electron chi connectivity index (χ4n) is 4.16. The van der Waals surface area contributed by atoms with Crippen LogP contribution in [-0.4, -0.2) is 34.3 Å². The van der Waals surface area contributed by atoms with Gasteiger partial charge in [-0.1, -0.05) is 31.4 Å². The third-order valence-electron chi connectivity index (χ3n) is 5.82. The van der Waals surface area contributed by atoms with Crippen LogP contribution < -0.4 is 19.1 Å². The van der Waals surface area contributed by atoms with Crippen molar-refractivity contribution in [3.8, 4) is 17.2 Å². The third kappa shape index (κ3) is 3.66. The van der Waals surface area contributed by atoms with Crippen molar-refractivity contribution in [3.63, 3.8) is 0 Å². The monoisotopic (exact) mass is 383 g/mol. The van der Waals surface area contributed by atoms with Gasteiger partial charge in [0.1, 0.15) is 5.75 Å². The number of carbonyl (C=O) groups excluding carboxylic acids is 1. The number of nitrogens with zero attached hydrogens (tertiary/aromatic N) is 1. The van der Waals surface area contributed by atoms with Gasteiger partial charge in [0.15, 0.2) is 11.5 Å². The quantitative estimate of drug-likeness (QED) is 0.733. The molecule has 2 aromatic carbocycles. The fourth-order valence-corrected chi connectivity index (χ4v) is 4.16. The summed E-state index contributed by atoms with van der Waals surface area (Å²) in [7, 11) is 6.70. The first kappa shape index (κ1) is 20.1. The summed E-state index contributed by atoms with van der Waals surface area (Å²) in [5.74, 6) is 2.18. The molecule has 1 aliphatic rings. The van der Waals surface area contributed by atoms with Crippen LogP contribution in [0.25, 0.3) is 0 Å². The summed E-state index contributed by atoms with van der Waals surface area (Å²) in [5.41, 5.74) is 1.35. The van der Waals surface area contributed by atoms with Gasteiger partial charge in [-0.3, -0.25) is 4.79 Å². The molecule has 2 aromatic rings. The summed E-state index contributed by atoms with van der Waals surface area (Å²) in [6.45, 7) is 0. The van der Waals surface area contributed by atoms with E-state index >= 15 is 0 Å². The molecule has 3 rings (SSSR count). The van der Waals surface area contributed by atoms with E-state index in [9.17, 15) is 4.79 Å². The van der Waals surface area contributed by atoms with Gasteiger partial charge in [-0.15, -0.1) is 0 Å². The molecule has 150 valence electrons. The van der Waals surface area contributed by atoms with Gasteiger partial charge in [-0.05, 0) is 42.7 Å². The lowest BCUT2D eigenvalue weighted by Crippen LogP contribution is -2.46. The van der Waals surface area contributed by atoms with Gasteiger partial charge in [-0.25, -0.2) is 0 Å². The van der Waals surface area contributed by atoms with Gasteiger partial charge in [0, 0.05) is 18.8 Å². The fraction of sp³-hybridized carbons (Fsp3) is 0.435. The molecule has 0 N–H and O–H groups in total. The topological polar surface area (TPSA) is 48.0 Å². The molecule has 1 fully saturated rings. The summed E-state index contributed by atoms with van der Waals surface area (Å²) in [5, 5.41) is 0. The maximum Gasteiger partial charge on any atom is 0.237 e. The van der Waals surface area contributed by atoms with Gasteiger partial charge in [-0.2, -0.15) is 0 Å². The van der Waals surface area contributed by atoms with E-state index in [0.717, 1.165) is 42.7 Å². The average Bonchev–Trinajstić information content (AvgIpc) is 2.78. The van der Waals surface area contributed by atoms with Crippen molar-refractivity contribution in [1.29, 1.82) is 0 Å². The van der Waals surface area contributed by atoms with Crippen molar-refractivity contribution in [1.82, 2.24) is 0 Å². The maximum atomic E-state index is 13.8. The smallest absolute Gasteiger partial charge is 0.237 e. The predicted octanol–water partition coefficient (Wildman–Crippen LogP) is 4.58. The van der Waals surface area contributed by atoms with Gasteiger partial charge in [0.05, 0.1) is 26.7 Å². The highest BCUT2D eigenvalue weighted by molar-refractivity contribution is 6.01. The lowest BCUT2D eigenvalue weighted by molar-refractivity contribution is -0.125. The molecule has 0 heterocycles. The minimum Gasteiger partial charge on any atom is -0.497 e. The molecule has 1 aliphatic carbocycles. The van der Waals surface area contributed by atoms with Gasteiger partial charge in [0.2, 0.25) is 5.91 Å². The third-order valence-corrected chi connectivity index (χ3v) is 5.82. The highest BCUT2D eigenvalue weighted by Crippen LogP contribution is 2.42. The number of hydrogen-bond donors (Lipinski definition) is 0. The molecule has 0 unspecified atom stereocenters. The van der Waals surface area contributed by atoms with Crippen molar-refractivity contribution in [2.45, 2.75) is 37.5 Å². The number of carbonyl (C=O) groups is 1. The summed E-state index contributed by atoms with van der Waals surface area (Å²) >= 11 is 0. The zero-order chi connectivity index (χ0) is 20.1. The summed E-state index contributed by atoms with van der Waals surface area (Å²) in [6.07, 6.45) is 4.99. The highest BCUT2D eigenvalue weighted by Gasteiger charge is 2.43. The van der Waals surface area contributed by atoms with Gasteiger partial charge in [0.25, 0.3) is 0 Å². The van der Waals surface area contributed by atoms with E-state index in [-0.39, 0.29) is 5.91 Å². The Morgan fingerprint density at radius 1 is 0.857 bits per heavy atom. The SMILES string of the molecule is COc1ccc(C2(C(=O)N(C)c3ccc(OC)c(OC)c3)CCCCC2)cc1. The van der Waals surface area contributed by atoms with Crippen molar-refractivity contribution in [2.24, 2.45) is 0 Å². The van der Waals surface area contributed by atoms with Crippen LogP contribution in [0, 0.1) is 0 Å². The lowest BCUT2D eigenvalue weighted by Gasteiger charge is -2.39. The summed E-state index contributed by atoms with van der Waals surface area (Å²) in [6, 6.07) is 13.5. The number of anilines is 1. The molecule has 0 saturated heterocycles. The molecule has 1 saturated carbocycles. The van der Waals surface area contributed by atoms with Crippen LogP contribution in [0.15, 0.2) is 42.5 Å². The largest absolute Gasteiger partial charge is 0.497 e. The lowest BCUT2D eigenvalue weighted by atomic mass is 9.68. The first-order valence-electron chi connectivity index (χ1n) is 9.70. The molecule has 0 atom stereocenters. The normalized spacial score (nSPS) is 15.6. The Morgan fingerprint density at radius 3 is 2.07 bits per heavy atom. The molecule has 0 radical (unpaired) electrons. The predicted molar refractivity (Wildman–Crippen MR) is 111 cm³/mol. The summed E-state index contributed by atoms with van der Waals surface area (Å²) in [4.78, 5) is 15.5. The van der Waals surface area contributed by atoms with Gasteiger partial charge >= 0.3 is 0 Å². The van der Waals surface area contributed by atoms with Crippen LogP contribution >= 0.6 is 0 Å². The zero-order valence-corrected chi connectivity index (χ0v) is 17.2. The van der Waals surface area contributed by atoms with E-state index in [2.05, 4.69) is 0 Å². The Labute approximate surface area is 167 Å². The van der Waals surface area contributed by atoms with E-state index in [1.807, 2.05) is 49.5 Å². The first-order chi connectivity index (χ1) is 13.6. The number of ether oxygens (including phenoxy) is 3. The molecule has 1 amide bonds. The Bertz CT molecular complexity index is 810. The number of likely N-dealkylation sites (N-methyl/N-ethyl adjacent to an activating group) is 1. The molecule has 0 aliphatic heterocycles. The first-order valence-corrected chi connectivity index (χ1v) is 9.70. The van der Waals surface area contributed by atoms with E-state index < -0.39 is 5.41 Å². The molecule has 0 aromatic heterocycles. The standard InChI is InChI=1S/C23H29NO4/c1-24(18-10-13-20(27-3)21(16-18)28-4)22(25)23(14-6-5-7-15-23)17-8-11-19(26-2)12-9-17/h8-13,16H,5-7,14-15H2,1-4H3. The molecule has 5 heteroatoms. The second-order valence-corrected chi connectivity index (χ2v) is 7.27. The minimum atomic E-state index is -0.508. The number of hydrogen-bond acceptors (Lipinski definition) is 4. The molecule has 5 nitrogen and oxygen atoms in total. The minimum absolute atomic E-state index is 0.115. The van der Waals surface area contributed by atoms with E-state index in [0.29, 0.717) is 11.5 Å². The Morgan fingerprint density at radius 2 is 1.50 bits per heavy atom. The van der Waals surface area contributed by atoms with Crippen LogP contribution in [0.1, 0.15) is 37.7 Å². The molecule has 0 bridgehead atoms. The van der Waals surface area contributed by atoms with Crippen LogP contribution in [0.3, 0.4) is 0 Å². The number of methoxy groups -OCH3 is 3. The van der Waals surface area contributed by atoms with Crippen LogP contribution in [0.4, 0.5) is 5.69 Å². The second-order valence-electron chi connectivity index (χ2n) is 7.27. The van der Waals surface area contributed by atoms with Crippen molar-refractivity contribution >= 4 is 11.6 Å². The van der Waals surface area contributed by atoms with Crippen LogP contribution in [0.5, 0.6) is 17.2 Å². The number of benzene rings is 2. The molecule has 28 heavy (non-hydrogen) atoms. The van der Waals surface area contributed by atoms with Crippen LogP contribution in [0.2, 0.25) is 0 Å². The van der Waals surface area contributed by atoms with Crippen molar-refractivity contribution in [2.75, 3.05) is 33.3 Å². The molecule has 0 spiro atoms. The second kappa shape index (κ2) is 8.55. The van der Waals surface area contributed by atoms with Crippen molar-refractivity contribution < 1.29 is 19.0 Å². The highest BCUT2D eigenvalue weighted by atomic mass is 16.5. The van der Waals surface area contributed by atoms with Gasteiger partial charge < -0.3 is 19.1 Å². The molecular formula is C23H29NO4. The zero-order valence-electron chi connectivity index (χ0n) is 17.2. The molecular weight excluding hydrogens is 354 g/mol. The number of amides is 1. The number of rotatable bonds is 6. The van der Waals surface area contributed by atoms with Crippen molar-refractivity contribution in [3.05, 3.63) is 48.0 Å². The average molecular weight is 383 g/mol. The van der Waals surface area contributed by atoms with E-state index in [4.69, 9.17) is 14.2 Å². The Hall–Kier alpha value is -2.69.